The Labute approximate surface area is 118 Å². The number of rotatable bonds is 8. The summed E-state index contributed by atoms with van der Waals surface area (Å²) in [6.45, 7) is 6.35. The first-order chi connectivity index (χ1) is 8.99. The van der Waals surface area contributed by atoms with Crippen molar-refractivity contribution in [2.45, 2.75) is 39.7 Å². The zero-order valence-electron chi connectivity index (χ0n) is 12.0. The zero-order valence-corrected chi connectivity index (χ0v) is 12.8. The topological polar surface area (TPSA) is 73.0 Å². The monoisotopic (exact) mass is 286 g/mol. The van der Waals surface area contributed by atoms with Crippen molar-refractivity contribution in [1.82, 2.24) is 9.78 Å². The number of nitro groups is 1. The molecule has 1 heterocycles. The van der Waals surface area contributed by atoms with Crippen molar-refractivity contribution in [3.8, 4) is 0 Å². The van der Waals surface area contributed by atoms with E-state index >= 15 is 0 Å². The van der Waals surface area contributed by atoms with Gasteiger partial charge >= 0.3 is 5.69 Å². The number of thioether (sulfide) groups is 1. The van der Waals surface area contributed by atoms with Crippen LogP contribution in [0, 0.1) is 17.0 Å². The van der Waals surface area contributed by atoms with Crippen LogP contribution in [0.3, 0.4) is 0 Å². The predicted octanol–water partition coefficient (Wildman–Crippen LogP) is 3.24. The highest BCUT2D eigenvalue weighted by molar-refractivity contribution is 7.98. The second-order valence-electron chi connectivity index (χ2n) is 4.70. The fraction of sp³-hybridized carbons (Fsp3) is 0.750. The number of nitrogens with one attached hydrogen (secondary N) is 1. The zero-order chi connectivity index (χ0) is 14.4. The van der Waals surface area contributed by atoms with E-state index in [0.717, 1.165) is 25.1 Å². The normalized spacial score (nSPS) is 11.0. The fourth-order valence-electron chi connectivity index (χ4n) is 1.87. The van der Waals surface area contributed by atoms with Crippen LogP contribution in [0.2, 0.25) is 0 Å². The second kappa shape index (κ2) is 7.37. The summed E-state index contributed by atoms with van der Waals surface area (Å²) in [5.41, 5.74) is 0.559. The van der Waals surface area contributed by atoms with Crippen LogP contribution < -0.4 is 5.32 Å². The summed E-state index contributed by atoms with van der Waals surface area (Å²) in [5.74, 6) is 1.65. The molecule has 0 aliphatic heterocycles. The Hall–Kier alpha value is -1.24. The van der Waals surface area contributed by atoms with E-state index in [1.54, 1.807) is 11.6 Å². The lowest BCUT2D eigenvalue weighted by molar-refractivity contribution is -0.384. The molecule has 1 aromatic rings. The lowest BCUT2D eigenvalue weighted by Gasteiger charge is -2.11. The van der Waals surface area contributed by atoms with Gasteiger partial charge in [-0.3, -0.25) is 10.1 Å². The van der Waals surface area contributed by atoms with Crippen molar-refractivity contribution in [3.05, 3.63) is 15.8 Å². The number of nitrogens with zero attached hydrogens (tertiary/aromatic N) is 3. The minimum atomic E-state index is -0.356. The van der Waals surface area contributed by atoms with Gasteiger partial charge in [-0.2, -0.15) is 16.9 Å². The van der Waals surface area contributed by atoms with E-state index in [1.165, 1.54) is 0 Å². The minimum Gasteiger partial charge on any atom is -0.365 e. The summed E-state index contributed by atoms with van der Waals surface area (Å²) in [6.07, 6.45) is 4.19. The molecule has 6 nitrogen and oxygen atoms in total. The molecule has 0 fully saturated rings. The predicted molar refractivity (Wildman–Crippen MR) is 80.1 cm³/mol. The molecule has 108 valence electrons. The molecule has 0 aromatic carbocycles. The summed E-state index contributed by atoms with van der Waals surface area (Å²) in [5, 5.41) is 18.6. The van der Waals surface area contributed by atoms with E-state index in [0.29, 0.717) is 11.5 Å². The molecule has 0 aliphatic carbocycles. The van der Waals surface area contributed by atoms with Crippen LogP contribution in [-0.2, 0) is 0 Å². The largest absolute Gasteiger partial charge is 0.365 e. The number of unbranched alkanes of at least 4 members (excludes halogenated alkanes) is 1. The van der Waals surface area contributed by atoms with Crippen LogP contribution in [0.4, 0.5) is 11.5 Å². The molecular formula is C12H22N4O2S. The van der Waals surface area contributed by atoms with E-state index in [9.17, 15) is 10.1 Å². The molecule has 0 atom stereocenters. The smallest absolute Gasteiger partial charge is 0.333 e. The lowest BCUT2D eigenvalue weighted by atomic mass is 10.3. The molecule has 0 amide bonds. The van der Waals surface area contributed by atoms with Crippen LogP contribution in [0.15, 0.2) is 0 Å². The molecule has 0 saturated carbocycles. The average molecular weight is 286 g/mol. The molecule has 0 radical (unpaired) electrons. The number of aromatic nitrogens is 2. The van der Waals surface area contributed by atoms with Crippen molar-refractivity contribution in [2.75, 3.05) is 23.9 Å². The summed E-state index contributed by atoms with van der Waals surface area (Å²) in [6, 6.07) is 0.0982. The van der Waals surface area contributed by atoms with Crippen LogP contribution in [0.1, 0.15) is 38.4 Å². The first-order valence-electron chi connectivity index (χ1n) is 6.45. The maximum Gasteiger partial charge on any atom is 0.333 e. The van der Waals surface area contributed by atoms with Gasteiger partial charge in [0.2, 0.25) is 5.82 Å². The Kier molecular flexibility index (Phi) is 6.14. The fourth-order valence-corrected chi connectivity index (χ4v) is 2.37. The molecule has 1 N–H and O–H groups in total. The van der Waals surface area contributed by atoms with E-state index in [4.69, 9.17) is 0 Å². The van der Waals surface area contributed by atoms with Crippen molar-refractivity contribution >= 4 is 23.3 Å². The summed E-state index contributed by atoms with van der Waals surface area (Å²) >= 11 is 1.81. The molecule has 7 heteroatoms. The Morgan fingerprint density at radius 1 is 1.47 bits per heavy atom. The minimum absolute atomic E-state index is 0.0959. The van der Waals surface area contributed by atoms with Crippen LogP contribution in [0.25, 0.3) is 0 Å². The van der Waals surface area contributed by atoms with E-state index < -0.39 is 0 Å². The molecule has 0 bridgehead atoms. The maximum absolute atomic E-state index is 11.1. The Bertz CT molecular complexity index is 432. The highest BCUT2D eigenvalue weighted by atomic mass is 32.2. The van der Waals surface area contributed by atoms with Gasteiger partial charge in [0, 0.05) is 12.6 Å². The van der Waals surface area contributed by atoms with Gasteiger partial charge in [0.05, 0.1) is 4.92 Å². The first-order valence-corrected chi connectivity index (χ1v) is 7.84. The van der Waals surface area contributed by atoms with Gasteiger partial charge in [0.15, 0.2) is 0 Å². The van der Waals surface area contributed by atoms with Gasteiger partial charge in [-0.1, -0.05) is 0 Å². The quantitative estimate of drug-likeness (QED) is 0.451. The number of hydrogen-bond donors (Lipinski definition) is 1. The number of aryl methyl sites for hydroxylation is 1. The van der Waals surface area contributed by atoms with Crippen LogP contribution >= 0.6 is 11.8 Å². The lowest BCUT2D eigenvalue weighted by Crippen LogP contribution is -2.12. The van der Waals surface area contributed by atoms with E-state index in [2.05, 4.69) is 16.7 Å². The highest BCUT2D eigenvalue weighted by Gasteiger charge is 2.25. The first kappa shape index (κ1) is 15.8. The van der Waals surface area contributed by atoms with Gasteiger partial charge in [-0.05, 0) is 45.6 Å². The van der Waals surface area contributed by atoms with Gasteiger partial charge in [0.25, 0.3) is 0 Å². The molecule has 1 rings (SSSR count). The third kappa shape index (κ3) is 4.12. The van der Waals surface area contributed by atoms with Crippen molar-refractivity contribution in [2.24, 2.45) is 0 Å². The van der Waals surface area contributed by atoms with Gasteiger partial charge in [-0.15, -0.1) is 0 Å². The van der Waals surface area contributed by atoms with Gasteiger partial charge in [0.1, 0.15) is 5.69 Å². The van der Waals surface area contributed by atoms with Gasteiger partial charge in [-0.25, -0.2) is 4.68 Å². The Morgan fingerprint density at radius 3 is 2.68 bits per heavy atom. The molecule has 0 aliphatic rings. The summed E-state index contributed by atoms with van der Waals surface area (Å²) in [4.78, 5) is 10.8. The van der Waals surface area contributed by atoms with E-state index in [-0.39, 0.29) is 16.7 Å². The Morgan fingerprint density at radius 2 is 2.16 bits per heavy atom. The molecule has 0 unspecified atom stereocenters. The third-order valence-electron chi connectivity index (χ3n) is 2.79. The SMILES string of the molecule is CSCCCCNc1c([N+](=O)[O-])c(C)nn1C(C)C. The second-order valence-corrected chi connectivity index (χ2v) is 5.69. The van der Waals surface area contributed by atoms with Crippen LogP contribution in [-0.4, -0.2) is 33.3 Å². The molecular weight excluding hydrogens is 264 g/mol. The third-order valence-corrected chi connectivity index (χ3v) is 3.49. The number of hydrogen-bond acceptors (Lipinski definition) is 5. The van der Waals surface area contributed by atoms with Crippen molar-refractivity contribution in [3.63, 3.8) is 0 Å². The van der Waals surface area contributed by atoms with Crippen LogP contribution in [0.5, 0.6) is 0 Å². The highest BCUT2D eigenvalue weighted by Crippen LogP contribution is 2.30. The summed E-state index contributed by atoms with van der Waals surface area (Å²) in [7, 11) is 0. The van der Waals surface area contributed by atoms with Crippen molar-refractivity contribution in [1.29, 1.82) is 0 Å². The average Bonchev–Trinajstić information content (AvgIpc) is 2.66. The molecule has 0 spiro atoms. The number of anilines is 1. The molecule has 0 saturated heterocycles. The Balaban J connectivity index is 2.81. The van der Waals surface area contributed by atoms with Crippen molar-refractivity contribution < 1.29 is 4.92 Å². The molecule has 1 aromatic heterocycles. The standard InChI is InChI=1S/C12H22N4O2S/c1-9(2)15-12(13-7-5-6-8-19-4)11(16(17)18)10(3)14-15/h9,13H,5-8H2,1-4H3. The van der Waals surface area contributed by atoms with E-state index in [1.807, 2.05) is 25.6 Å². The summed E-state index contributed by atoms with van der Waals surface area (Å²) < 4.78 is 1.70. The maximum atomic E-state index is 11.1. The van der Waals surface area contributed by atoms with Gasteiger partial charge < -0.3 is 5.32 Å². The molecule has 19 heavy (non-hydrogen) atoms.